The highest BCUT2D eigenvalue weighted by Gasteiger charge is 2.40. The van der Waals surface area contributed by atoms with Crippen molar-refractivity contribution >= 4 is 46.2 Å². The van der Waals surface area contributed by atoms with Crippen molar-refractivity contribution in [3.63, 3.8) is 0 Å². The maximum Gasteiger partial charge on any atom is 0.224 e. The fourth-order valence-corrected chi connectivity index (χ4v) is 7.45. The standard InChI is InChI=1S/C36H39ClN8O3S/c1-21-22(2)49-35-32(21)33(24-9-11-26(37)12-10-24)42-29(34-44-43-23(3)45(34)35)18-31(47)40-16-6-8-30(46)41-27-13-14-28(25(17-27)7-5-15-38)36(39-4)19-48-20-36/h9-14,17,29,39H,6,8,15-16,18-20,38H2,1-4H3,(H,40,47)(H,41,46)/t29-/m0/s1. The van der Waals surface area contributed by atoms with Gasteiger partial charge in [-0.15, -0.1) is 21.5 Å². The largest absolute Gasteiger partial charge is 0.377 e. The van der Waals surface area contributed by atoms with Gasteiger partial charge in [-0.2, -0.15) is 0 Å². The number of ether oxygens (including phenoxy) is 1. The Morgan fingerprint density at radius 1 is 1.12 bits per heavy atom. The van der Waals surface area contributed by atoms with Gasteiger partial charge in [-0.05, 0) is 69.6 Å². The van der Waals surface area contributed by atoms with Crippen molar-refractivity contribution in [1.82, 2.24) is 25.4 Å². The van der Waals surface area contributed by atoms with Crippen molar-refractivity contribution in [2.45, 2.75) is 51.6 Å². The number of benzene rings is 2. The average molecular weight is 699 g/mol. The van der Waals surface area contributed by atoms with Gasteiger partial charge in [0, 0.05) is 45.2 Å². The number of thiophene rings is 1. The van der Waals surface area contributed by atoms with E-state index in [0.29, 0.717) is 42.7 Å². The summed E-state index contributed by atoms with van der Waals surface area (Å²) in [7, 11) is 1.90. The summed E-state index contributed by atoms with van der Waals surface area (Å²) in [6.45, 7) is 7.75. The number of carbonyl (C=O) groups excluding carboxylic acids is 2. The van der Waals surface area contributed by atoms with Crippen molar-refractivity contribution in [1.29, 1.82) is 0 Å². The maximum absolute atomic E-state index is 13.3. The molecule has 2 aromatic heterocycles. The normalized spacial score (nSPS) is 15.9. The summed E-state index contributed by atoms with van der Waals surface area (Å²) >= 11 is 7.88. The first kappa shape index (κ1) is 34.5. The summed E-state index contributed by atoms with van der Waals surface area (Å²) in [6.07, 6.45) is 0.770. The number of amides is 2. The lowest BCUT2D eigenvalue weighted by Crippen LogP contribution is -2.56. The van der Waals surface area contributed by atoms with Crippen LogP contribution in [0.4, 0.5) is 5.69 Å². The van der Waals surface area contributed by atoms with Crippen LogP contribution in [0.2, 0.25) is 5.02 Å². The highest BCUT2D eigenvalue weighted by molar-refractivity contribution is 7.15. The molecule has 4 aromatic rings. The second-order valence-corrected chi connectivity index (χ2v) is 13.8. The summed E-state index contributed by atoms with van der Waals surface area (Å²) in [6, 6.07) is 12.7. The minimum Gasteiger partial charge on any atom is -0.377 e. The van der Waals surface area contributed by atoms with E-state index in [0.717, 1.165) is 44.4 Å². The molecule has 13 heteroatoms. The molecule has 0 spiro atoms. The first-order valence-corrected chi connectivity index (χ1v) is 17.4. The van der Waals surface area contributed by atoms with E-state index in [1.54, 1.807) is 11.3 Å². The summed E-state index contributed by atoms with van der Waals surface area (Å²) in [4.78, 5) is 32.5. The molecule has 49 heavy (non-hydrogen) atoms. The minimum atomic E-state index is -0.567. The van der Waals surface area contributed by atoms with Gasteiger partial charge in [0.1, 0.15) is 16.9 Å². The lowest BCUT2D eigenvalue weighted by molar-refractivity contribution is -0.122. The number of aliphatic imine (C=N–C) groups is 1. The Hall–Kier alpha value is -4.38. The Bertz CT molecular complexity index is 1980. The van der Waals surface area contributed by atoms with Crippen LogP contribution in [0.25, 0.3) is 5.00 Å². The molecule has 2 aliphatic heterocycles. The summed E-state index contributed by atoms with van der Waals surface area (Å²) in [5.74, 6) is 7.05. The molecule has 0 bridgehead atoms. The number of hydrogen-bond acceptors (Lipinski definition) is 9. The quantitative estimate of drug-likeness (QED) is 0.141. The van der Waals surface area contributed by atoms with Crippen LogP contribution in [-0.4, -0.2) is 65.6 Å². The topological polar surface area (TPSA) is 149 Å². The Labute approximate surface area is 294 Å². The zero-order valence-electron chi connectivity index (χ0n) is 27.9. The van der Waals surface area contributed by atoms with Gasteiger partial charge in [0.05, 0.1) is 37.4 Å². The van der Waals surface area contributed by atoms with Crippen molar-refractivity contribution in [3.05, 3.63) is 91.8 Å². The van der Waals surface area contributed by atoms with Gasteiger partial charge in [0.2, 0.25) is 11.8 Å². The number of fused-ring (bicyclic) bond motifs is 3. The molecule has 4 heterocycles. The lowest BCUT2D eigenvalue weighted by atomic mass is 9.84. The number of nitrogens with two attached hydrogens (primary N) is 1. The smallest absolute Gasteiger partial charge is 0.224 e. The van der Waals surface area contributed by atoms with Gasteiger partial charge < -0.3 is 26.4 Å². The lowest BCUT2D eigenvalue weighted by Gasteiger charge is -2.42. The SMILES string of the molecule is CNC1(c2ccc(NC(=O)CCCNC(=O)C[C@@H]3N=C(c4ccc(Cl)cc4)c4c(sc(C)c4C)-n4c(C)nnc43)cc2C#CCN)COC1. The van der Waals surface area contributed by atoms with E-state index in [4.69, 9.17) is 27.1 Å². The number of likely N-dealkylation sites (N-methyl/N-ethyl adjacent to an activating group) is 1. The third-order valence-electron chi connectivity index (χ3n) is 8.96. The highest BCUT2D eigenvalue weighted by atomic mass is 35.5. The van der Waals surface area contributed by atoms with Crippen molar-refractivity contribution < 1.29 is 14.3 Å². The van der Waals surface area contributed by atoms with Gasteiger partial charge in [-0.1, -0.05) is 41.6 Å². The van der Waals surface area contributed by atoms with Crippen LogP contribution in [-0.2, 0) is 19.9 Å². The van der Waals surface area contributed by atoms with Crippen molar-refractivity contribution in [2.75, 3.05) is 38.7 Å². The van der Waals surface area contributed by atoms with Crippen LogP contribution >= 0.6 is 22.9 Å². The van der Waals surface area contributed by atoms with E-state index < -0.39 is 6.04 Å². The molecule has 254 valence electrons. The highest BCUT2D eigenvalue weighted by Crippen LogP contribution is 2.39. The second kappa shape index (κ2) is 14.6. The molecule has 1 atom stereocenters. The molecule has 5 N–H and O–H groups in total. The van der Waals surface area contributed by atoms with Gasteiger partial charge in [0.25, 0.3) is 0 Å². The van der Waals surface area contributed by atoms with Gasteiger partial charge >= 0.3 is 0 Å². The van der Waals surface area contributed by atoms with Gasteiger partial charge in [0.15, 0.2) is 5.82 Å². The van der Waals surface area contributed by atoms with Crippen LogP contribution in [0.3, 0.4) is 0 Å². The Morgan fingerprint density at radius 3 is 2.59 bits per heavy atom. The van der Waals surface area contributed by atoms with Gasteiger partial charge in [-0.3, -0.25) is 19.1 Å². The number of nitrogens with one attached hydrogen (secondary N) is 3. The Morgan fingerprint density at radius 2 is 1.90 bits per heavy atom. The van der Waals surface area contributed by atoms with E-state index in [9.17, 15) is 9.59 Å². The van der Waals surface area contributed by atoms with Crippen LogP contribution in [0.15, 0.2) is 47.5 Å². The fourth-order valence-electron chi connectivity index (χ4n) is 6.11. The molecule has 6 rings (SSSR count). The molecule has 2 aromatic carbocycles. The minimum absolute atomic E-state index is 0.0759. The number of carbonyl (C=O) groups is 2. The van der Waals surface area contributed by atoms with E-state index in [1.807, 2.05) is 61.0 Å². The number of hydrogen-bond donors (Lipinski definition) is 4. The molecule has 11 nitrogen and oxygen atoms in total. The number of anilines is 1. The molecule has 1 saturated heterocycles. The van der Waals surface area contributed by atoms with Crippen LogP contribution in [0, 0.1) is 32.6 Å². The first-order chi connectivity index (χ1) is 23.6. The average Bonchev–Trinajstić information content (AvgIpc) is 3.54. The number of nitrogens with zero attached hydrogens (tertiary/aromatic N) is 4. The number of aromatic nitrogens is 3. The zero-order valence-corrected chi connectivity index (χ0v) is 29.5. The second-order valence-electron chi connectivity index (χ2n) is 12.2. The van der Waals surface area contributed by atoms with Crippen molar-refractivity contribution in [2.24, 2.45) is 10.7 Å². The molecular formula is C36H39ClN8O3S. The van der Waals surface area contributed by atoms with E-state index in [1.165, 1.54) is 4.88 Å². The van der Waals surface area contributed by atoms with E-state index in [2.05, 4.69) is 51.8 Å². The van der Waals surface area contributed by atoms with Crippen LogP contribution in [0.1, 0.15) is 69.6 Å². The van der Waals surface area contributed by atoms with Crippen molar-refractivity contribution in [3.8, 4) is 16.8 Å². The predicted molar refractivity (Wildman–Crippen MR) is 193 cm³/mol. The predicted octanol–water partition coefficient (Wildman–Crippen LogP) is 4.48. The van der Waals surface area contributed by atoms with Crippen LogP contribution in [0.5, 0.6) is 0 Å². The molecule has 0 aliphatic carbocycles. The molecule has 0 saturated carbocycles. The summed E-state index contributed by atoms with van der Waals surface area (Å²) in [5, 5.41) is 19.7. The molecule has 0 radical (unpaired) electrons. The van der Waals surface area contributed by atoms with Crippen LogP contribution < -0.4 is 21.7 Å². The third kappa shape index (κ3) is 7.04. The monoisotopic (exact) mass is 698 g/mol. The van der Waals surface area contributed by atoms with E-state index in [-0.39, 0.29) is 36.7 Å². The number of rotatable bonds is 10. The van der Waals surface area contributed by atoms with Gasteiger partial charge in [-0.25, -0.2) is 0 Å². The Balaban J connectivity index is 1.11. The molecule has 1 fully saturated rings. The fraction of sp³-hybridized carbons (Fsp3) is 0.361. The first-order valence-electron chi connectivity index (χ1n) is 16.2. The number of aryl methyl sites for hydroxylation is 2. The summed E-state index contributed by atoms with van der Waals surface area (Å²) in [5.41, 5.74) is 11.6. The Kier molecular flexibility index (Phi) is 10.3. The zero-order chi connectivity index (χ0) is 34.7. The van der Waals surface area contributed by atoms with E-state index >= 15 is 0 Å². The summed E-state index contributed by atoms with van der Waals surface area (Å²) < 4.78 is 7.49. The molecule has 2 amide bonds. The molecule has 0 unspecified atom stereocenters. The maximum atomic E-state index is 13.3. The number of halogens is 1. The molecular weight excluding hydrogens is 660 g/mol. The third-order valence-corrected chi connectivity index (χ3v) is 10.4. The molecule has 2 aliphatic rings.